The molecule has 0 saturated carbocycles. The van der Waals surface area contributed by atoms with Crippen molar-refractivity contribution in [1.82, 2.24) is 15.1 Å². The number of nitrogens with zero attached hydrogens (tertiary/aromatic N) is 3. The largest absolute Gasteiger partial charge is 0.444 e. The smallest absolute Gasteiger partial charge is 0.231 e. The van der Waals surface area contributed by atoms with Crippen molar-refractivity contribution in [3.63, 3.8) is 0 Å². The summed E-state index contributed by atoms with van der Waals surface area (Å²) in [7, 11) is 0. The summed E-state index contributed by atoms with van der Waals surface area (Å²) in [6.07, 6.45) is 0.638. The first-order valence-corrected chi connectivity index (χ1v) is 7.15. The molecular formula is C16H18N4O2. The number of aromatic nitrogens is 3. The van der Waals surface area contributed by atoms with E-state index >= 15 is 0 Å². The SMILES string of the molecule is Cc1noc(Cc2ccc(NCc3nc(C)c(C)o3)cc2)n1. The van der Waals surface area contributed by atoms with Crippen LogP contribution in [0.1, 0.15) is 34.6 Å². The number of hydrogen-bond acceptors (Lipinski definition) is 6. The molecule has 0 aliphatic carbocycles. The molecule has 1 aromatic carbocycles. The molecule has 3 rings (SSSR count). The Morgan fingerprint density at radius 3 is 2.36 bits per heavy atom. The molecule has 0 bridgehead atoms. The highest BCUT2D eigenvalue weighted by atomic mass is 16.5. The highest BCUT2D eigenvalue weighted by Gasteiger charge is 2.06. The molecule has 0 spiro atoms. The van der Waals surface area contributed by atoms with Crippen LogP contribution in [0.3, 0.4) is 0 Å². The molecular weight excluding hydrogens is 280 g/mol. The fraction of sp³-hybridized carbons (Fsp3) is 0.312. The average molecular weight is 298 g/mol. The van der Waals surface area contributed by atoms with Gasteiger partial charge in [-0.15, -0.1) is 0 Å². The lowest BCUT2D eigenvalue weighted by atomic mass is 10.1. The number of aryl methyl sites for hydroxylation is 3. The summed E-state index contributed by atoms with van der Waals surface area (Å²) in [5, 5.41) is 7.08. The summed E-state index contributed by atoms with van der Waals surface area (Å²) in [5.74, 6) is 2.84. The van der Waals surface area contributed by atoms with Crippen LogP contribution in [0.2, 0.25) is 0 Å². The zero-order valence-electron chi connectivity index (χ0n) is 12.9. The lowest BCUT2D eigenvalue weighted by molar-refractivity contribution is 0.381. The molecule has 0 amide bonds. The van der Waals surface area contributed by atoms with Gasteiger partial charge in [0, 0.05) is 5.69 Å². The second-order valence-corrected chi connectivity index (χ2v) is 5.21. The number of hydrogen-bond donors (Lipinski definition) is 1. The van der Waals surface area contributed by atoms with E-state index in [4.69, 9.17) is 8.94 Å². The first-order chi connectivity index (χ1) is 10.6. The molecule has 2 aromatic heterocycles. The van der Waals surface area contributed by atoms with Gasteiger partial charge in [-0.2, -0.15) is 4.98 Å². The first-order valence-electron chi connectivity index (χ1n) is 7.15. The highest BCUT2D eigenvalue weighted by Crippen LogP contribution is 2.15. The Labute approximate surface area is 128 Å². The van der Waals surface area contributed by atoms with Crippen LogP contribution >= 0.6 is 0 Å². The molecule has 0 saturated heterocycles. The predicted octanol–water partition coefficient (Wildman–Crippen LogP) is 3.19. The van der Waals surface area contributed by atoms with E-state index < -0.39 is 0 Å². The van der Waals surface area contributed by atoms with Gasteiger partial charge < -0.3 is 14.3 Å². The second-order valence-electron chi connectivity index (χ2n) is 5.21. The van der Waals surface area contributed by atoms with Crippen molar-refractivity contribution >= 4 is 5.69 Å². The summed E-state index contributed by atoms with van der Waals surface area (Å²) in [4.78, 5) is 8.55. The minimum absolute atomic E-state index is 0.566. The molecule has 114 valence electrons. The maximum atomic E-state index is 5.54. The topological polar surface area (TPSA) is 77.0 Å². The van der Waals surface area contributed by atoms with Gasteiger partial charge >= 0.3 is 0 Å². The van der Waals surface area contributed by atoms with Crippen LogP contribution in [0.5, 0.6) is 0 Å². The van der Waals surface area contributed by atoms with Crippen LogP contribution in [0.25, 0.3) is 0 Å². The summed E-state index contributed by atoms with van der Waals surface area (Å²) in [6.45, 7) is 6.24. The van der Waals surface area contributed by atoms with Crippen LogP contribution in [0.4, 0.5) is 5.69 Å². The van der Waals surface area contributed by atoms with E-state index in [-0.39, 0.29) is 0 Å². The Kier molecular flexibility index (Phi) is 3.91. The van der Waals surface area contributed by atoms with Crippen molar-refractivity contribution in [3.05, 3.63) is 58.9 Å². The van der Waals surface area contributed by atoms with Gasteiger partial charge in [0.25, 0.3) is 0 Å². The zero-order chi connectivity index (χ0) is 15.5. The lowest BCUT2D eigenvalue weighted by Crippen LogP contribution is -2.00. The number of oxazole rings is 1. The fourth-order valence-electron chi connectivity index (χ4n) is 2.12. The van der Waals surface area contributed by atoms with Gasteiger partial charge in [0.2, 0.25) is 11.8 Å². The minimum atomic E-state index is 0.566. The molecule has 1 N–H and O–H groups in total. The lowest BCUT2D eigenvalue weighted by Gasteiger charge is -2.04. The quantitative estimate of drug-likeness (QED) is 0.779. The van der Waals surface area contributed by atoms with Gasteiger partial charge in [-0.25, -0.2) is 4.98 Å². The van der Waals surface area contributed by atoms with Crippen LogP contribution < -0.4 is 5.32 Å². The molecule has 2 heterocycles. The van der Waals surface area contributed by atoms with E-state index in [1.54, 1.807) is 0 Å². The maximum Gasteiger partial charge on any atom is 0.231 e. The Morgan fingerprint density at radius 1 is 1.00 bits per heavy atom. The fourth-order valence-corrected chi connectivity index (χ4v) is 2.12. The molecule has 0 unspecified atom stereocenters. The van der Waals surface area contributed by atoms with Gasteiger partial charge in [0.15, 0.2) is 5.82 Å². The summed E-state index contributed by atoms with van der Waals surface area (Å²) in [6, 6.07) is 8.10. The van der Waals surface area contributed by atoms with E-state index in [1.165, 1.54) is 0 Å². The monoisotopic (exact) mass is 298 g/mol. The third-order valence-electron chi connectivity index (χ3n) is 3.40. The molecule has 0 fully saturated rings. The molecule has 3 aromatic rings. The van der Waals surface area contributed by atoms with Crippen LogP contribution in [-0.4, -0.2) is 15.1 Å². The third-order valence-corrected chi connectivity index (χ3v) is 3.40. The van der Waals surface area contributed by atoms with E-state index in [2.05, 4.69) is 20.4 Å². The molecule has 6 heteroatoms. The van der Waals surface area contributed by atoms with Crippen molar-refractivity contribution in [3.8, 4) is 0 Å². The normalized spacial score (nSPS) is 10.9. The van der Waals surface area contributed by atoms with Crippen molar-refractivity contribution in [2.75, 3.05) is 5.32 Å². The van der Waals surface area contributed by atoms with Gasteiger partial charge in [-0.3, -0.25) is 0 Å². The Balaban J connectivity index is 1.59. The number of nitrogens with one attached hydrogen (secondary N) is 1. The first kappa shape index (κ1) is 14.3. The minimum Gasteiger partial charge on any atom is -0.444 e. The Bertz CT molecular complexity index is 739. The maximum absolute atomic E-state index is 5.54. The summed E-state index contributed by atoms with van der Waals surface area (Å²) in [5.41, 5.74) is 3.07. The van der Waals surface area contributed by atoms with Gasteiger partial charge in [-0.1, -0.05) is 17.3 Å². The van der Waals surface area contributed by atoms with Gasteiger partial charge in [-0.05, 0) is 38.5 Å². The van der Waals surface area contributed by atoms with Gasteiger partial charge in [0.05, 0.1) is 18.7 Å². The van der Waals surface area contributed by atoms with Gasteiger partial charge in [0.1, 0.15) is 5.76 Å². The van der Waals surface area contributed by atoms with E-state index in [0.717, 1.165) is 22.7 Å². The molecule has 0 aliphatic rings. The molecule has 6 nitrogen and oxygen atoms in total. The number of benzene rings is 1. The summed E-state index contributed by atoms with van der Waals surface area (Å²) >= 11 is 0. The number of anilines is 1. The molecule has 22 heavy (non-hydrogen) atoms. The average Bonchev–Trinajstić information content (AvgIpc) is 3.04. The van der Waals surface area contributed by atoms with Crippen LogP contribution in [0.15, 0.2) is 33.2 Å². The summed E-state index contributed by atoms with van der Waals surface area (Å²) < 4.78 is 10.7. The third kappa shape index (κ3) is 3.33. The standard InChI is InChI=1S/C16H18N4O2/c1-10-11(2)21-16(18-10)9-17-14-6-4-13(5-7-14)8-15-19-12(3)20-22-15/h4-7,17H,8-9H2,1-3H3. The molecule has 0 atom stereocenters. The van der Waals surface area contributed by atoms with Crippen molar-refractivity contribution in [2.24, 2.45) is 0 Å². The van der Waals surface area contributed by atoms with Crippen LogP contribution in [-0.2, 0) is 13.0 Å². The van der Waals surface area contributed by atoms with E-state index in [9.17, 15) is 0 Å². The Morgan fingerprint density at radius 2 is 1.77 bits per heavy atom. The van der Waals surface area contributed by atoms with E-state index in [1.807, 2.05) is 45.0 Å². The molecule has 0 radical (unpaired) electrons. The van der Waals surface area contributed by atoms with Crippen molar-refractivity contribution in [1.29, 1.82) is 0 Å². The predicted molar refractivity (Wildman–Crippen MR) is 81.6 cm³/mol. The Hall–Kier alpha value is -2.63. The van der Waals surface area contributed by atoms with Crippen LogP contribution in [0, 0.1) is 20.8 Å². The van der Waals surface area contributed by atoms with E-state index in [0.29, 0.717) is 30.6 Å². The molecule has 0 aliphatic heterocycles. The number of rotatable bonds is 5. The highest BCUT2D eigenvalue weighted by molar-refractivity contribution is 5.44. The van der Waals surface area contributed by atoms with Crippen molar-refractivity contribution < 1.29 is 8.94 Å². The zero-order valence-corrected chi connectivity index (χ0v) is 12.9. The second kappa shape index (κ2) is 6.01. The van der Waals surface area contributed by atoms with Crippen molar-refractivity contribution in [2.45, 2.75) is 33.7 Å².